The zero-order valence-corrected chi connectivity index (χ0v) is 15.0. The number of hydrogen-bond donors (Lipinski definition) is 1. The molecule has 1 aliphatic heterocycles. The molecule has 130 valence electrons. The second-order valence-electron chi connectivity index (χ2n) is 6.95. The number of nitrogens with one attached hydrogen (secondary N) is 1. The third-order valence-corrected chi connectivity index (χ3v) is 5.26. The summed E-state index contributed by atoms with van der Waals surface area (Å²) < 4.78 is 5.31. The van der Waals surface area contributed by atoms with Gasteiger partial charge in [0.1, 0.15) is 4.88 Å². The van der Waals surface area contributed by atoms with E-state index >= 15 is 0 Å². The quantitative estimate of drug-likeness (QED) is 0.912. The summed E-state index contributed by atoms with van der Waals surface area (Å²) >= 11 is 0.991. The monoisotopic (exact) mass is 350 g/mol. The molecule has 0 unspecified atom stereocenters. The molecule has 0 aliphatic carbocycles. The number of amides is 1. The number of aromatic nitrogens is 3. The molecule has 0 bridgehead atoms. The Balaban J connectivity index is 2.01. The molecule has 2 aromatic heterocycles. The summed E-state index contributed by atoms with van der Waals surface area (Å²) in [5.74, 6) is 0.637. The van der Waals surface area contributed by atoms with Gasteiger partial charge < -0.3 is 9.88 Å². The lowest BCUT2D eigenvalue weighted by Crippen LogP contribution is -2.38. The Bertz CT molecular complexity index is 872. The van der Waals surface area contributed by atoms with E-state index < -0.39 is 11.2 Å². The summed E-state index contributed by atoms with van der Waals surface area (Å²) in [4.78, 5) is 42.3. The highest BCUT2D eigenvalue weighted by molar-refractivity contribution is 7.09. The van der Waals surface area contributed by atoms with Crippen LogP contribution in [0.4, 0.5) is 0 Å². The van der Waals surface area contributed by atoms with Crippen LogP contribution in [0.5, 0.6) is 0 Å². The summed E-state index contributed by atoms with van der Waals surface area (Å²) in [7, 11) is 0. The van der Waals surface area contributed by atoms with E-state index in [9.17, 15) is 14.4 Å². The number of hydrogen-bond acceptors (Lipinski definition) is 5. The van der Waals surface area contributed by atoms with Crippen molar-refractivity contribution in [2.24, 2.45) is 11.8 Å². The second-order valence-corrected chi connectivity index (χ2v) is 7.72. The van der Waals surface area contributed by atoms with Crippen LogP contribution in [0.3, 0.4) is 0 Å². The number of likely N-dealkylation sites (tertiary alicyclic amines) is 1. The van der Waals surface area contributed by atoms with Gasteiger partial charge in [-0.15, -0.1) is 0 Å². The molecule has 1 amide bonds. The molecule has 0 aromatic carbocycles. The first-order valence-corrected chi connectivity index (χ1v) is 9.07. The predicted octanol–water partition coefficient (Wildman–Crippen LogP) is 1.67. The van der Waals surface area contributed by atoms with Crippen molar-refractivity contribution in [2.45, 2.75) is 40.2 Å². The van der Waals surface area contributed by atoms with E-state index in [4.69, 9.17) is 0 Å². The molecule has 24 heavy (non-hydrogen) atoms. The largest absolute Gasteiger partial charge is 0.338 e. The van der Waals surface area contributed by atoms with Gasteiger partial charge in [-0.25, -0.2) is 4.79 Å². The van der Waals surface area contributed by atoms with Gasteiger partial charge in [0.25, 0.3) is 11.5 Å². The minimum absolute atomic E-state index is 0.147. The first kappa shape index (κ1) is 16.9. The molecule has 1 N–H and O–H groups in total. The lowest BCUT2D eigenvalue weighted by atomic mass is 9.99. The topological polar surface area (TPSA) is 88.1 Å². The summed E-state index contributed by atoms with van der Waals surface area (Å²) in [5, 5.41) is 0. The number of carbonyl (C=O) groups excluding carboxylic acids is 1. The molecule has 3 rings (SSSR count). The first-order valence-electron chi connectivity index (χ1n) is 8.30. The Labute approximate surface area is 143 Å². The summed E-state index contributed by atoms with van der Waals surface area (Å²) in [6.07, 6.45) is 1.94. The van der Waals surface area contributed by atoms with Crippen molar-refractivity contribution < 1.29 is 4.79 Å². The van der Waals surface area contributed by atoms with Gasteiger partial charge in [-0.05, 0) is 36.2 Å². The van der Waals surface area contributed by atoms with Gasteiger partial charge in [-0.2, -0.15) is 4.37 Å². The molecule has 0 spiro atoms. The molecule has 8 heteroatoms. The molecule has 7 nitrogen and oxygen atoms in total. The van der Waals surface area contributed by atoms with E-state index in [0.29, 0.717) is 30.4 Å². The van der Waals surface area contributed by atoms with Gasteiger partial charge in [0, 0.05) is 19.6 Å². The molecule has 0 radical (unpaired) electrons. The Morgan fingerprint density at radius 1 is 1.33 bits per heavy atom. The molecular weight excluding hydrogens is 328 g/mol. The van der Waals surface area contributed by atoms with Crippen LogP contribution in [-0.4, -0.2) is 37.8 Å². The third-order valence-electron chi connectivity index (χ3n) is 4.43. The number of nitrogens with zero attached hydrogens (tertiary/aromatic N) is 3. The van der Waals surface area contributed by atoms with Crippen LogP contribution >= 0.6 is 11.5 Å². The summed E-state index contributed by atoms with van der Waals surface area (Å²) in [6, 6.07) is 0. The number of fused-ring (bicyclic) bond motifs is 1. The van der Waals surface area contributed by atoms with Crippen LogP contribution in [0.2, 0.25) is 0 Å². The smallest absolute Gasteiger partial charge is 0.328 e. The van der Waals surface area contributed by atoms with E-state index in [1.165, 1.54) is 0 Å². The van der Waals surface area contributed by atoms with Gasteiger partial charge >= 0.3 is 5.69 Å². The van der Waals surface area contributed by atoms with E-state index in [0.717, 1.165) is 28.9 Å². The van der Waals surface area contributed by atoms with Crippen molar-refractivity contribution in [1.29, 1.82) is 0 Å². The highest BCUT2D eigenvalue weighted by atomic mass is 32.1. The predicted molar refractivity (Wildman–Crippen MR) is 93.6 cm³/mol. The number of H-pyrrole nitrogens is 1. The Hall–Kier alpha value is -1.96. The standard InChI is InChI=1S/C16H22N4O3S/c1-9(2)8-20-14(21)12-11(17-16(20)23)13(24-18-12)15(22)19-6-4-10(3)5-7-19/h9-10H,4-8H2,1-3H3,(H,17,23). The van der Waals surface area contributed by atoms with Gasteiger partial charge in [0.15, 0.2) is 5.52 Å². The zero-order chi connectivity index (χ0) is 17.4. The molecule has 0 saturated carbocycles. The summed E-state index contributed by atoms with van der Waals surface area (Å²) in [6.45, 7) is 7.78. The van der Waals surface area contributed by atoms with Crippen molar-refractivity contribution in [3.8, 4) is 0 Å². The van der Waals surface area contributed by atoms with Gasteiger partial charge in [0.05, 0.1) is 5.52 Å². The SMILES string of the molecule is CC(C)Cn1c(=O)[nH]c2c(C(=O)N3CCC(C)CC3)snc2c1=O. The third kappa shape index (κ3) is 3.02. The van der Waals surface area contributed by atoms with Crippen LogP contribution in [0.15, 0.2) is 9.59 Å². The Kier molecular flexibility index (Phi) is 4.58. The Morgan fingerprint density at radius 2 is 2.00 bits per heavy atom. The summed E-state index contributed by atoms with van der Waals surface area (Å²) in [5.41, 5.74) is -0.458. The lowest BCUT2D eigenvalue weighted by Gasteiger charge is -2.29. The van der Waals surface area contributed by atoms with Crippen molar-refractivity contribution in [2.75, 3.05) is 13.1 Å². The van der Waals surface area contributed by atoms with Crippen molar-refractivity contribution in [1.82, 2.24) is 18.8 Å². The molecule has 1 saturated heterocycles. The highest BCUT2D eigenvalue weighted by Gasteiger charge is 2.26. The van der Waals surface area contributed by atoms with Gasteiger partial charge in [-0.3, -0.25) is 14.2 Å². The van der Waals surface area contributed by atoms with Gasteiger partial charge in [0.2, 0.25) is 0 Å². The number of rotatable bonds is 3. The molecule has 3 heterocycles. The Morgan fingerprint density at radius 3 is 2.62 bits per heavy atom. The van der Waals surface area contributed by atoms with Gasteiger partial charge in [-0.1, -0.05) is 20.8 Å². The van der Waals surface area contributed by atoms with Crippen LogP contribution in [0.25, 0.3) is 11.0 Å². The highest BCUT2D eigenvalue weighted by Crippen LogP contribution is 2.23. The van der Waals surface area contributed by atoms with E-state index in [-0.39, 0.29) is 22.9 Å². The van der Waals surface area contributed by atoms with Crippen LogP contribution in [-0.2, 0) is 6.54 Å². The molecule has 2 aromatic rings. The number of carbonyl (C=O) groups is 1. The van der Waals surface area contributed by atoms with E-state index in [1.54, 1.807) is 4.90 Å². The number of piperidine rings is 1. The second kappa shape index (κ2) is 6.51. The maximum atomic E-state index is 12.7. The van der Waals surface area contributed by atoms with Crippen LogP contribution in [0, 0.1) is 11.8 Å². The van der Waals surface area contributed by atoms with E-state index in [2.05, 4.69) is 16.3 Å². The normalized spacial score (nSPS) is 16.2. The lowest BCUT2D eigenvalue weighted by molar-refractivity contribution is 0.0703. The maximum absolute atomic E-state index is 12.7. The van der Waals surface area contributed by atoms with E-state index in [1.807, 2.05) is 13.8 Å². The van der Waals surface area contributed by atoms with Crippen LogP contribution in [0.1, 0.15) is 43.3 Å². The average molecular weight is 350 g/mol. The average Bonchev–Trinajstić information content (AvgIpc) is 2.95. The fourth-order valence-corrected chi connectivity index (χ4v) is 3.78. The maximum Gasteiger partial charge on any atom is 0.328 e. The minimum Gasteiger partial charge on any atom is -0.338 e. The molecular formula is C16H22N4O3S. The van der Waals surface area contributed by atoms with Crippen molar-refractivity contribution in [3.63, 3.8) is 0 Å². The van der Waals surface area contributed by atoms with Crippen molar-refractivity contribution >= 4 is 28.5 Å². The number of aromatic amines is 1. The molecule has 0 atom stereocenters. The molecule has 1 aliphatic rings. The fraction of sp³-hybridized carbons (Fsp3) is 0.625. The van der Waals surface area contributed by atoms with Crippen molar-refractivity contribution in [3.05, 3.63) is 25.7 Å². The fourth-order valence-electron chi connectivity index (χ4n) is 2.98. The van der Waals surface area contributed by atoms with Crippen LogP contribution < -0.4 is 11.2 Å². The first-order chi connectivity index (χ1) is 11.4. The molecule has 1 fully saturated rings. The minimum atomic E-state index is -0.484. The zero-order valence-electron chi connectivity index (χ0n) is 14.2.